The lowest BCUT2D eigenvalue weighted by molar-refractivity contribution is -0.386. The SMILES string of the molecule is CC1CCN(C(=O)c2ccc(C(C)(C)C)c([N+](=O)[O-])c2)C(CN)C1.Cl. The lowest BCUT2D eigenvalue weighted by Crippen LogP contribution is -2.49. The van der Waals surface area contributed by atoms with Crippen molar-refractivity contribution in [2.45, 2.75) is 52.0 Å². The molecule has 0 aromatic heterocycles. The average molecular weight is 370 g/mol. The van der Waals surface area contributed by atoms with Gasteiger partial charge in [-0.05, 0) is 30.2 Å². The van der Waals surface area contributed by atoms with Crippen LogP contribution in [0.25, 0.3) is 0 Å². The van der Waals surface area contributed by atoms with Gasteiger partial charge in [0.1, 0.15) is 0 Å². The number of hydrogen-bond acceptors (Lipinski definition) is 4. The summed E-state index contributed by atoms with van der Waals surface area (Å²) in [5.74, 6) is 0.376. The molecule has 0 radical (unpaired) electrons. The van der Waals surface area contributed by atoms with E-state index in [1.165, 1.54) is 6.07 Å². The standard InChI is InChI=1S/C18H27N3O3.ClH/c1-12-7-8-20(14(9-12)11-19)17(22)13-5-6-15(18(2,3)4)16(10-13)21(23)24;/h5-6,10,12,14H,7-9,11,19H2,1-4H3;1H. The minimum absolute atomic E-state index is 0. The van der Waals surface area contributed by atoms with Crippen molar-refractivity contribution in [2.75, 3.05) is 13.1 Å². The molecule has 0 aliphatic carbocycles. The van der Waals surface area contributed by atoms with E-state index < -0.39 is 4.92 Å². The van der Waals surface area contributed by atoms with Crippen LogP contribution in [0, 0.1) is 16.0 Å². The summed E-state index contributed by atoms with van der Waals surface area (Å²) >= 11 is 0. The number of amides is 1. The molecule has 1 aromatic rings. The Hall–Kier alpha value is -1.66. The molecular weight excluding hydrogens is 342 g/mol. The first kappa shape index (κ1) is 21.4. The van der Waals surface area contributed by atoms with Crippen LogP contribution in [0.2, 0.25) is 0 Å². The van der Waals surface area contributed by atoms with Gasteiger partial charge in [0.25, 0.3) is 11.6 Å². The average Bonchev–Trinajstić information content (AvgIpc) is 2.52. The Morgan fingerprint density at radius 1 is 1.40 bits per heavy atom. The maximum absolute atomic E-state index is 12.9. The van der Waals surface area contributed by atoms with E-state index in [2.05, 4.69) is 6.92 Å². The zero-order valence-corrected chi connectivity index (χ0v) is 16.1. The van der Waals surface area contributed by atoms with Gasteiger partial charge in [0.15, 0.2) is 0 Å². The second-order valence-corrected chi connectivity index (χ2v) is 7.76. The molecule has 1 saturated heterocycles. The fourth-order valence-electron chi connectivity index (χ4n) is 3.36. The first-order valence-corrected chi connectivity index (χ1v) is 8.45. The third-order valence-corrected chi connectivity index (χ3v) is 4.76. The molecule has 1 fully saturated rings. The topological polar surface area (TPSA) is 89.5 Å². The van der Waals surface area contributed by atoms with Crippen LogP contribution < -0.4 is 5.73 Å². The van der Waals surface area contributed by atoms with Crippen molar-refractivity contribution >= 4 is 24.0 Å². The van der Waals surface area contributed by atoms with Gasteiger partial charge < -0.3 is 10.6 Å². The van der Waals surface area contributed by atoms with Crippen LogP contribution in [-0.4, -0.2) is 34.9 Å². The number of nitro groups is 1. The molecule has 25 heavy (non-hydrogen) atoms. The Kier molecular flexibility index (Phi) is 6.97. The van der Waals surface area contributed by atoms with Gasteiger partial charge in [-0.2, -0.15) is 0 Å². The van der Waals surface area contributed by atoms with Crippen molar-refractivity contribution in [3.05, 3.63) is 39.4 Å². The van der Waals surface area contributed by atoms with Gasteiger partial charge >= 0.3 is 0 Å². The van der Waals surface area contributed by atoms with Crippen molar-refractivity contribution in [1.29, 1.82) is 0 Å². The second-order valence-electron chi connectivity index (χ2n) is 7.76. The normalized spacial score (nSPS) is 20.8. The number of nitro benzene ring substituents is 1. The van der Waals surface area contributed by atoms with Crippen LogP contribution in [0.3, 0.4) is 0 Å². The number of nitrogens with zero attached hydrogens (tertiary/aromatic N) is 2. The number of benzene rings is 1. The number of piperidine rings is 1. The van der Waals surface area contributed by atoms with Crippen LogP contribution in [-0.2, 0) is 5.41 Å². The molecule has 0 bridgehead atoms. The Bertz CT molecular complexity index is 643. The Balaban J connectivity index is 0.00000312. The first-order chi connectivity index (χ1) is 11.1. The van der Waals surface area contributed by atoms with E-state index in [0.717, 1.165) is 12.8 Å². The minimum Gasteiger partial charge on any atom is -0.334 e. The zero-order chi connectivity index (χ0) is 18.1. The summed E-state index contributed by atoms with van der Waals surface area (Å²) in [4.78, 5) is 25.7. The molecule has 140 valence electrons. The van der Waals surface area contributed by atoms with Gasteiger partial charge in [-0.3, -0.25) is 14.9 Å². The smallest absolute Gasteiger partial charge is 0.273 e. The first-order valence-electron chi connectivity index (χ1n) is 8.45. The monoisotopic (exact) mass is 369 g/mol. The number of carbonyl (C=O) groups is 1. The number of halogens is 1. The molecule has 0 spiro atoms. The van der Waals surface area contributed by atoms with Gasteiger partial charge in [0, 0.05) is 36.3 Å². The number of rotatable bonds is 3. The predicted octanol–water partition coefficient (Wildman–Crippen LogP) is 3.51. The number of hydrogen-bond donors (Lipinski definition) is 1. The molecule has 1 amide bonds. The largest absolute Gasteiger partial charge is 0.334 e. The molecule has 1 heterocycles. The maximum Gasteiger partial charge on any atom is 0.273 e. The predicted molar refractivity (Wildman–Crippen MR) is 101 cm³/mol. The molecule has 1 aromatic carbocycles. The molecule has 1 aliphatic heterocycles. The molecular formula is C18H28ClN3O3. The molecule has 2 atom stereocenters. The van der Waals surface area contributed by atoms with Crippen molar-refractivity contribution < 1.29 is 9.72 Å². The Labute approximate surface area is 155 Å². The molecule has 7 heteroatoms. The van der Waals surface area contributed by atoms with E-state index in [1.54, 1.807) is 17.0 Å². The third kappa shape index (κ3) is 4.70. The summed E-state index contributed by atoms with van der Waals surface area (Å²) in [5, 5.41) is 11.4. The fraction of sp³-hybridized carbons (Fsp3) is 0.611. The summed E-state index contributed by atoms with van der Waals surface area (Å²) in [7, 11) is 0. The lowest BCUT2D eigenvalue weighted by atomic mass is 9.85. The molecule has 1 aliphatic rings. The van der Waals surface area contributed by atoms with E-state index in [-0.39, 0.29) is 35.5 Å². The van der Waals surface area contributed by atoms with Crippen LogP contribution in [0.5, 0.6) is 0 Å². The van der Waals surface area contributed by atoms with Crippen LogP contribution >= 0.6 is 12.4 Å². The van der Waals surface area contributed by atoms with E-state index in [0.29, 0.717) is 30.1 Å². The summed E-state index contributed by atoms with van der Waals surface area (Å²) in [6.07, 6.45) is 1.81. The van der Waals surface area contributed by atoms with Crippen LogP contribution in [0.1, 0.15) is 56.5 Å². The fourth-order valence-corrected chi connectivity index (χ4v) is 3.36. The molecule has 0 saturated carbocycles. The molecule has 2 N–H and O–H groups in total. The van der Waals surface area contributed by atoms with E-state index in [4.69, 9.17) is 5.73 Å². The number of likely N-dealkylation sites (tertiary alicyclic amines) is 1. The van der Waals surface area contributed by atoms with Crippen molar-refractivity contribution in [1.82, 2.24) is 4.90 Å². The molecule has 2 unspecified atom stereocenters. The van der Waals surface area contributed by atoms with Crippen molar-refractivity contribution in [2.24, 2.45) is 11.7 Å². The van der Waals surface area contributed by atoms with Crippen LogP contribution in [0.15, 0.2) is 18.2 Å². The highest BCUT2D eigenvalue weighted by atomic mass is 35.5. The highest BCUT2D eigenvalue weighted by Gasteiger charge is 2.31. The summed E-state index contributed by atoms with van der Waals surface area (Å²) in [5.41, 5.74) is 6.47. The summed E-state index contributed by atoms with van der Waals surface area (Å²) in [6.45, 7) is 9.00. The third-order valence-electron chi connectivity index (χ3n) is 4.76. The summed E-state index contributed by atoms with van der Waals surface area (Å²) < 4.78 is 0. The van der Waals surface area contributed by atoms with E-state index in [9.17, 15) is 14.9 Å². The molecule has 6 nitrogen and oxygen atoms in total. The summed E-state index contributed by atoms with van der Waals surface area (Å²) in [6, 6.07) is 4.81. The number of nitrogens with two attached hydrogens (primary N) is 1. The van der Waals surface area contributed by atoms with Crippen molar-refractivity contribution in [3.63, 3.8) is 0 Å². The quantitative estimate of drug-likeness (QED) is 0.652. The Morgan fingerprint density at radius 2 is 2.04 bits per heavy atom. The van der Waals surface area contributed by atoms with E-state index >= 15 is 0 Å². The molecule has 2 rings (SSSR count). The zero-order valence-electron chi connectivity index (χ0n) is 15.3. The second kappa shape index (κ2) is 8.15. The lowest BCUT2D eigenvalue weighted by Gasteiger charge is -2.38. The Morgan fingerprint density at radius 3 is 2.56 bits per heavy atom. The van der Waals surface area contributed by atoms with Gasteiger partial charge in [0.05, 0.1) is 4.92 Å². The van der Waals surface area contributed by atoms with E-state index in [1.807, 2.05) is 20.8 Å². The van der Waals surface area contributed by atoms with Gasteiger partial charge in [-0.15, -0.1) is 12.4 Å². The van der Waals surface area contributed by atoms with Crippen molar-refractivity contribution in [3.8, 4) is 0 Å². The maximum atomic E-state index is 12.9. The number of carbonyl (C=O) groups excluding carboxylic acids is 1. The minimum atomic E-state index is -0.407. The van der Waals surface area contributed by atoms with Crippen LogP contribution in [0.4, 0.5) is 5.69 Å². The van der Waals surface area contributed by atoms with Gasteiger partial charge in [-0.25, -0.2) is 0 Å². The highest BCUT2D eigenvalue weighted by Crippen LogP contribution is 2.32. The highest BCUT2D eigenvalue weighted by molar-refractivity contribution is 5.95. The van der Waals surface area contributed by atoms with Gasteiger partial charge in [0.2, 0.25) is 0 Å². The van der Waals surface area contributed by atoms with Gasteiger partial charge in [-0.1, -0.05) is 33.8 Å².